The van der Waals surface area contributed by atoms with Crippen LogP contribution in [0.1, 0.15) is 11.1 Å². The van der Waals surface area contributed by atoms with Crippen molar-refractivity contribution in [2.75, 3.05) is 13.7 Å². The van der Waals surface area contributed by atoms with Crippen LogP contribution in [0.15, 0.2) is 67.1 Å². The molecule has 0 amide bonds. The predicted molar refractivity (Wildman–Crippen MR) is 96.6 cm³/mol. The molecular formula is C20H19N3O. The van der Waals surface area contributed by atoms with Crippen LogP contribution in [0.3, 0.4) is 0 Å². The normalized spacial score (nSPS) is 14.0. The van der Waals surface area contributed by atoms with E-state index in [-0.39, 0.29) is 0 Å². The Labute approximate surface area is 141 Å². The van der Waals surface area contributed by atoms with E-state index in [1.807, 2.05) is 12.1 Å². The van der Waals surface area contributed by atoms with E-state index in [0.717, 1.165) is 29.9 Å². The topological polar surface area (TPSA) is 41.1 Å². The summed E-state index contributed by atoms with van der Waals surface area (Å²) in [5.74, 6) is 0.884. The average molecular weight is 317 g/mol. The van der Waals surface area contributed by atoms with Crippen molar-refractivity contribution in [1.29, 1.82) is 0 Å². The summed E-state index contributed by atoms with van der Waals surface area (Å²) in [7, 11) is 1.69. The zero-order chi connectivity index (χ0) is 16.4. The van der Waals surface area contributed by atoms with Gasteiger partial charge in [-0.25, -0.2) is 4.98 Å². The summed E-state index contributed by atoms with van der Waals surface area (Å²) in [4.78, 5) is 9.72. The lowest BCUT2D eigenvalue weighted by Crippen LogP contribution is -2.19. The summed E-state index contributed by atoms with van der Waals surface area (Å²) in [6.45, 7) is 1.79. The number of hydrogen-bond donors (Lipinski definition) is 1. The van der Waals surface area contributed by atoms with Crippen LogP contribution in [0.4, 0.5) is 0 Å². The van der Waals surface area contributed by atoms with Crippen molar-refractivity contribution in [2.45, 2.75) is 6.54 Å². The van der Waals surface area contributed by atoms with Gasteiger partial charge in [-0.1, -0.05) is 24.3 Å². The van der Waals surface area contributed by atoms with Crippen LogP contribution in [0.25, 0.3) is 16.6 Å². The van der Waals surface area contributed by atoms with E-state index in [0.29, 0.717) is 0 Å². The maximum absolute atomic E-state index is 5.21. The van der Waals surface area contributed by atoms with Crippen LogP contribution >= 0.6 is 0 Å². The number of nitrogens with zero attached hydrogens (tertiary/aromatic N) is 2. The van der Waals surface area contributed by atoms with Crippen LogP contribution in [-0.2, 0) is 6.54 Å². The summed E-state index contributed by atoms with van der Waals surface area (Å²) < 4.78 is 5.21. The van der Waals surface area contributed by atoms with Gasteiger partial charge in [-0.3, -0.25) is 0 Å². The SMILES string of the molecule is COc1ccc(C2=CCN(Cc3ccc4nc[nH]c4c3)C=C2)cc1. The maximum atomic E-state index is 5.21. The molecule has 0 saturated heterocycles. The second kappa shape index (κ2) is 6.24. The number of imidazole rings is 1. The Balaban J connectivity index is 1.44. The zero-order valence-corrected chi connectivity index (χ0v) is 13.6. The first-order valence-corrected chi connectivity index (χ1v) is 8.01. The van der Waals surface area contributed by atoms with Crippen molar-refractivity contribution in [3.05, 3.63) is 78.3 Å². The minimum absolute atomic E-state index is 0.884. The number of H-pyrrole nitrogens is 1. The maximum Gasteiger partial charge on any atom is 0.118 e. The van der Waals surface area contributed by atoms with Gasteiger partial charge >= 0.3 is 0 Å². The van der Waals surface area contributed by atoms with Gasteiger partial charge < -0.3 is 14.6 Å². The highest BCUT2D eigenvalue weighted by molar-refractivity contribution is 5.76. The minimum Gasteiger partial charge on any atom is -0.497 e. The number of fused-ring (bicyclic) bond motifs is 1. The molecule has 1 N–H and O–H groups in total. The summed E-state index contributed by atoms with van der Waals surface area (Å²) in [6.07, 6.45) is 8.33. The van der Waals surface area contributed by atoms with Gasteiger partial charge in [0, 0.05) is 19.3 Å². The van der Waals surface area contributed by atoms with Gasteiger partial charge in [0.1, 0.15) is 5.75 Å². The molecule has 3 aromatic rings. The van der Waals surface area contributed by atoms with Gasteiger partial charge in [-0.2, -0.15) is 0 Å². The number of aromatic nitrogens is 2. The fourth-order valence-electron chi connectivity index (χ4n) is 2.96. The number of nitrogens with one attached hydrogen (secondary N) is 1. The largest absolute Gasteiger partial charge is 0.497 e. The molecule has 0 spiro atoms. The lowest BCUT2D eigenvalue weighted by molar-refractivity contribution is 0.406. The van der Waals surface area contributed by atoms with Crippen molar-refractivity contribution < 1.29 is 4.74 Å². The molecule has 0 saturated carbocycles. The molecule has 4 heteroatoms. The molecule has 24 heavy (non-hydrogen) atoms. The molecule has 0 aliphatic carbocycles. The van der Waals surface area contributed by atoms with Crippen molar-refractivity contribution in [3.8, 4) is 5.75 Å². The number of hydrogen-bond acceptors (Lipinski definition) is 3. The monoisotopic (exact) mass is 317 g/mol. The standard InChI is InChI=1S/C20H19N3O/c1-24-18-5-3-16(4-6-18)17-8-10-23(11-9-17)13-15-2-7-19-20(12-15)22-14-21-19/h2-10,12,14H,11,13H2,1H3,(H,21,22). The third-order valence-electron chi connectivity index (χ3n) is 4.30. The molecule has 1 aromatic heterocycles. The molecular weight excluding hydrogens is 298 g/mol. The first-order chi connectivity index (χ1) is 11.8. The number of ether oxygens (including phenoxy) is 1. The Morgan fingerprint density at radius 2 is 2.04 bits per heavy atom. The summed E-state index contributed by atoms with van der Waals surface area (Å²) >= 11 is 0. The van der Waals surface area contributed by atoms with Crippen molar-refractivity contribution >= 4 is 16.6 Å². The Kier molecular flexibility index (Phi) is 3.79. The van der Waals surface area contributed by atoms with E-state index >= 15 is 0 Å². The van der Waals surface area contributed by atoms with Crippen molar-refractivity contribution in [1.82, 2.24) is 14.9 Å². The van der Waals surface area contributed by atoms with Crippen LogP contribution in [0.2, 0.25) is 0 Å². The van der Waals surface area contributed by atoms with E-state index in [1.54, 1.807) is 13.4 Å². The number of aromatic amines is 1. The van der Waals surface area contributed by atoms with Crippen LogP contribution in [0, 0.1) is 0 Å². The van der Waals surface area contributed by atoms with E-state index in [2.05, 4.69) is 63.6 Å². The van der Waals surface area contributed by atoms with E-state index in [9.17, 15) is 0 Å². The van der Waals surface area contributed by atoms with Gasteiger partial charge in [0.15, 0.2) is 0 Å². The zero-order valence-electron chi connectivity index (χ0n) is 13.6. The number of benzene rings is 2. The number of methoxy groups -OCH3 is 1. The van der Waals surface area contributed by atoms with Crippen LogP contribution in [0.5, 0.6) is 5.75 Å². The van der Waals surface area contributed by atoms with Gasteiger partial charge in [-0.15, -0.1) is 0 Å². The van der Waals surface area contributed by atoms with Gasteiger partial charge in [-0.05, 0) is 47.0 Å². The third-order valence-corrected chi connectivity index (χ3v) is 4.30. The molecule has 0 unspecified atom stereocenters. The second-order valence-corrected chi connectivity index (χ2v) is 5.89. The third kappa shape index (κ3) is 2.91. The Bertz CT molecular complexity index is 906. The fourth-order valence-corrected chi connectivity index (χ4v) is 2.96. The fraction of sp³-hybridized carbons (Fsp3) is 0.150. The Hall–Kier alpha value is -3.01. The highest BCUT2D eigenvalue weighted by Crippen LogP contribution is 2.23. The highest BCUT2D eigenvalue weighted by Gasteiger charge is 2.08. The van der Waals surface area contributed by atoms with E-state index in [4.69, 9.17) is 4.74 Å². The Morgan fingerprint density at radius 3 is 2.79 bits per heavy atom. The minimum atomic E-state index is 0.884. The van der Waals surface area contributed by atoms with Crippen LogP contribution < -0.4 is 4.74 Å². The predicted octanol–water partition coefficient (Wildman–Crippen LogP) is 3.98. The molecule has 2 heterocycles. The first kappa shape index (κ1) is 14.6. The molecule has 0 atom stereocenters. The molecule has 4 rings (SSSR count). The first-order valence-electron chi connectivity index (χ1n) is 8.01. The molecule has 2 aromatic carbocycles. The number of rotatable bonds is 4. The molecule has 120 valence electrons. The highest BCUT2D eigenvalue weighted by atomic mass is 16.5. The summed E-state index contributed by atoms with van der Waals surface area (Å²) in [5, 5.41) is 0. The van der Waals surface area contributed by atoms with Gasteiger partial charge in [0.2, 0.25) is 0 Å². The second-order valence-electron chi connectivity index (χ2n) is 5.89. The van der Waals surface area contributed by atoms with E-state index in [1.165, 1.54) is 16.7 Å². The molecule has 0 radical (unpaired) electrons. The Morgan fingerprint density at radius 1 is 1.17 bits per heavy atom. The summed E-state index contributed by atoms with van der Waals surface area (Å²) in [6, 6.07) is 14.5. The smallest absolute Gasteiger partial charge is 0.118 e. The van der Waals surface area contributed by atoms with Gasteiger partial charge in [0.25, 0.3) is 0 Å². The van der Waals surface area contributed by atoms with Crippen molar-refractivity contribution in [2.24, 2.45) is 0 Å². The van der Waals surface area contributed by atoms with Crippen molar-refractivity contribution in [3.63, 3.8) is 0 Å². The molecule has 4 nitrogen and oxygen atoms in total. The lowest BCUT2D eigenvalue weighted by Gasteiger charge is -2.23. The average Bonchev–Trinajstić information content (AvgIpc) is 3.10. The molecule has 0 bridgehead atoms. The summed E-state index contributed by atoms with van der Waals surface area (Å²) in [5.41, 5.74) is 5.83. The number of allylic oxidation sites excluding steroid dienone is 2. The van der Waals surface area contributed by atoms with Crippen LogP contribution in [-0.4, -0.2) is 28.5 Å². The molecule has 0 fully saturated rings. The quantitative estimate of drug-likeness (QED) is 0.791. The lowest BCUT2D eigenvalue weighted by atomic mass is 10.0. The van der Waals surface area contributed by atoms with E-state index < -0.39 is 0 Å². The van der Waals surface area contributed by atoms with Gasteiger partial charge in [0.05, 0.1) is 24.5 Å². The molecule has 1 aliphatic heterocycles. The molecule has 1 aliphatic rings.